The molecule has 0 atom stereocenters. The molecule has 0 bridgehead atoms. The maximum Gasteiger partial charge on any atom is 0.352 e. The lowest BCUT2D eigenvalue weighted by Crippen LogP contribution is -2.02. The summed E-state index contributed by atoms with van der Waals surface area (Å²) in [5.41, 5.74) is -1.56. The summed E-state index contributed by atoms with van der Waals surface area (Å²) in [6, 6.07) is 0.659. The van der Waals surface area contributed by atoms with E-state index in [4.69, 9.17) is 11.6 Å². The first-order valence-corrected chi connectivity index (χ1v) is 5.95. The van der Waals surface area contributed by atoms with E-state index in [2.05, 4.69) is 0 Å². The number of nitro groups is 1. The first-order chi connectivity index (χ1) is 8.90. The molecule has 104 valence electrons. The first kappa shape index (κ1) is 15.0. The summed E-state index contributed by atoms with van der Waals surface area (Å²) in [7, 11) is 0. The van der Waals surface area contributed by atoms with Crippen LogP contribution in [-0.2, 0) is 0 Å². The molecule has 0 aromatic heterocycles. The Bertz CT molecular complexity index is 516. The van der Waals surface area contributed by atoms with Crippen molar-refractivity contribution in [2.45, 2.75) is 19.3 Å². The Morgan fingerprint density at radius 2 is 1.89 bits per heavy atom. The summed E-state index contributed by atoms with van der Waals surface area (Å²) in [6.45, 7) is 0. The van der Waals surface area contributed by atoms with Gasteiger partial charge in [-0.2, -0.15) is 0 Å². The molecule has 7 nitrogen and oxygen atoms in total. The Kier molecular flexibility index (Phi) is 4.94. The molecule has 8 heteroatoms. The molecular weight excluding hydrogens is 278 g/mol. The lowest BCUT2D eigenvalue weighted by Gasteiger charge is -2.07. The zero-order chi connectivity index (χ0) is 14.6. The van der Waals surface area contributed by atoms with Gasteiger partial charge < -0.3 is 15.3 Å². The average Bonchev–Trinajstić information content (AvgIpc) is 2.27. The minimum absolute atomic E-state index is 0.0181. The number of phenolic OH excluding ortho intramolecular Hbond substituents is 3. The van der Waals surface area contributed by atoms with Gasteiger partial charge in [0, 0.05) is 18.4 Å². The van der Waals surface area contributed by atoms with Crippen molar-refractivity contribution in [1.29, 1.82) is 0 Å². The number of phenols is 3. The van der Waals surface area contributed by atoms with Gasteiger partial charge in [0.15, 0.2) is 5.78 Å². The number of unbranched alkanes of at least 4 members (excludes halogenated alkanes) is 1. The number of carbonyl (C=O) groups is 1. The molecule has 0 radical (unpaired) electrons. The maximum absolute atomic E-state index is 11.8. The van der Waals surface area contributed by atoms with E-state index in [0.717, 1.165) is 0 Å². The van der Waals surface area contributed by atoms with E-state index in [-0.39, 0.29) is 6.42 Å². The largest absolute Gasteiger partial charge is 0.507 e. The molecule has 0 heterocycles. The molecule has 0 aliphatic rings. The van der Waals surface area contributed by atoms with Gasteiger partial charge in [-0.15, -0.1) is 11.6 Å². The first-order valence-electron chi connectivity index (χ1n) is 5.41. The topological polar surface area (TPSA) is 121 Å². The van der Waals surface area contributed by atoms with Crippen LogP contribution in [0.15, 0.2) is 6.07 Å². The number of carbonyl (C=O) groups excluding carboxylic acids is 1. The molecule has 0 saturated heterocycles. The van der Waals surface area contributed by atoms with E-state index in [1.165, 1.54) is 0 Å². The number of hydrogen-bond acceptors (Lipinski definition) is 6. The van der Waals surface area contributed by atoms with Crippen LogP contribution in [0.3, 0.4) is 0 Å². The smallest absolute Gasteiger partial charge is 0.352 e. The van der Waals surface area contributed by atoms with Crippen LogP contribution >= 0.6 is 11.6 Å². The van der Waals surface area contributed by atoms with Crippen molar-refractivity contribution in [3.63, 3.8) is 0 Å². The third-order valence-corrected chi connectivity index (χ3v) is 2.75. The number of nitro benzene ring substituents is 1. The molecule has 0 aliphatic heterocycles. The van der Waals surface area contributed by atoms with Crippen molar-refractivity contribution in [1.82, 2.24) is 0 Å². The van der Waals surface area contributed by atoms with E-state index in [0.29, 0.717) is 24.8 Å². The van der Waals surface area contributed by atoms with Gasteiger partial charge in [-0.1, -0.05) is 0 Å². The van der Waals surface area contributed by atoms with Crippen LogP contribution in [0.2, 0.25) is 0 Å². The average molecular weight is 290 g/mol. The second kappa shape index (κ2) is 6.24. The Morgan fingerprint density at radius 1 is 1.26 bits per heavy atom. The molecule has 0 spiro atoms. The van der Waals surface area contributed by atoms with Crippen LogP contribution in [0, 0.1) is 10.1 Å². The molecule has 0 amide bonds. The van der Waals surface area contributed by atoms with E-state index < -0.39 is 39.2 Å². The highest BCUT2D eigenvalue weighted by atomic mass is 35.5. The predicted octanol–water partition coefficient (Wildman–Crippen LogP) is 2.30. The number of benzene rings is 1. The molecule has 0 unspecified atom stereocenters. The van der Waals surface area contributed by atoms with Crippen LogP contribution in [0.1, 0.15) is 29.6 Å². The quantitative estimate of drug-likeness (QED) is 0.243. The highest BCUT2D eigenvalue weighted by Gasteiger charge is 2.29. The van der Waals surface area contributed by atoms with Gasteiger partial charge >= 0.3 is 5.69 Å². The lowest BCUT2D eigenvalue weighted by molar-refractivity contribution is -0.386. The van der Waals surface area contributed by atoms with Crippen LogP contribution in [0.25, 0.3) is 0 Å². The normalized spacial score (nSPS) is 10.4. The standard InChI is InChI=1S/C11H12ClNO6/c12-4-2-1-3-6(14)9-7(15)5-8(16)10(11(9)17)13(18)19/h5,15-17H,1-4H2. The van der Waals surface area contributed by atoms with Crippen LogP contribution < -0.4 is 0 Å². The zero-order valence-electron chi connectivity index (χ0n) is 9.80. The number of halogens is 1. The number of nitrogens with zero attached hydrogens (tertiary/aromatic N) is 1. The summed E-state index contributed by atoms with van der Waals surface area (Å²) in [5.74, 6) is -2.92. The maximum atomic E-state index is 11.8. The number of hydrogen-bond donors (Lipinski definition) is 3. The minimum atomic E-state index is -1.03. The molecule has 19 heavy (non-hydrogen) atoms. The molecule has 3 N–H and O–H groups in total. The Hall–Kier alpha value is -2.02. The summed E-state index contributed by atoms with van der Waals surface area (Å²) >= 11 is 5.45. The van der Waals surface area contributed by atoms with Gasteiger partial charge in [-0.3, -0.25) is 14.9 Å². The van der Waals surface area contributed by atoms with Gasteiger partial charge in [-0.05, 0) is 12.8 Å². The number of aromatic hydroxyl groups is 3. The van der Waals surface area contributed by atoms with Gasteiger partial charge in [0.1, 0.15) is 11.3 Å². The zero-order valence-corrected chi connectivity index (χ0v) is 10.6. The van der Waals surface area contributed by atoms with E-state index in [1.807, 2.05) is 0 Å². The monoisotopic (exact) mass is 289 g/mol. The molecule has 1 aromatic rings. The third-order valence-electron chi connectivity index (χ3n) is 2.48. The minimum Gasteiger partial charge on any atom is -0.507 e. The summed E-state index contributed by atoms with van der Waals surface area (Å²) in [4.78, 5) is 21.4. The fraction of sp³-hybridized carbons (Fsp3) is 0.364. The van der Waals surface area contributed by atoms with Gasteiger partial charge in [0.25, 0.3) is 0 Å². The van der Waals surface area contributed by atoms with Crippen LogP contribution in [0.4, 0.5) is 5.69 Å². The van der Waals surface area contributed by atoms with Crippen molar-refractivity contribution in [2.24, 2.45) is 0 Å². The van der Waals surface area contributed by atoms with Crippen LogP contribution in [0.5, 0.6) is 17.2 Å². The number of alkyl halides is 1. The molecule has 0 fully saturated rings. The van der Waals surface area contributed by atoms with Gasteiger partial charge in [0.05, 0.1) is 4.92 Å². The van der Waals surface area contributed by atoms with E-state index >= 15 is 0 Å². The molecule has 1 aromatic carbocycles. The number of rotatable bonds is 6. The Balaban J connectivity index is 3.17. The molecule has 1 rings (SSSR count). The van der Waals surface area contributed by atoms with Crippen molar-refractivity contribution in [3.05, 3.63) is 21.7 Å². The summed E-state index contributed by atoms with van der Waals surface area (Å²) in [5, 5.41) is 39.1. The number of ketones is 1. The van der Waals surface area contributed by atoms with Gasteiger partial charge in [0.2, 0.25) is 11.5 Å². The molecule has 0 saturated carbocycles. The summed E-state index contributed by atoms with van der Waals surface area (Å²) in [6.07, 6.45) is 0.973. The predicted molar refractivity (Wildman–Crippen MR) is 67.0 cm³/mol. The van der Waals surface area contributed by atoms with Crippen molar-refractivity contribution >= 4 is 23.1 Å². The second-order valence-corrected chi connectivity index (χ2v) is 4.19. The summed E-state index contributed by atoms with van der Waals surface area (Å²) < 4.78 is 0. The Morgan fingerprint density at radius 3 is 2.42 bits per heavy atom. The highest BCUT2D eigenvalue weighted by Crippen LogP contribution is 2.43. The molecular formula is C11H12ClNO6. The van der Waals surface area contributed by atoms with E-state index in [1.54, 1.807) is 0 Å². The molecule has 0 aliphatic carbocycles. The third kappa shape index (κ3) is 3.25. The second-order valence-electron chi connectivity index (χ2n) is 3.81. The van der Waals surface area contributed by atoms with Crippen LogP contribution in [-0.4, -0.2) is 31.9 Å². The van der Waals surface area contributed by atoms with Crippen molar-refractivity contribution in [3.8, 4) is 17.2 Å². The lowest BCUT2D eigenvalue weighted by atomic mass is 10.0. The highest BCUT2D eigenvalue weighted by molar-refractivity contribution is 6.17. The van der Waals surface area contributed by atoms with Crippen molar-refractivity contribution < 1.29 is 25.0 Å². The number of Topliss-reactive ketones (excluding diaryl/α,β-unsaturated/α-hetero) is 1. The van der Waals surface area contributed by atoms with Gasteiger partial charge in [-0.25, -0.2) is 0 Å². The van der Waals surface area contributed by atoms with E-state index in [9.17, 15) is 30.2 Å². The Labute approximate surface area is 113 Å². The SMILES string of the molecule is O=C(CCCCCl)c1c(O)cc(O)c([N+](=O)[O-])c1O. The fourth-order valence-corrected chi connectivity index (χ4v) is 1.78. The van der Waals surface area contributed by atoms with Crippen molar-refractivity contribution in [2.75, 3.05) is 5.88 Å². The fourth-order valence-electron chi connectivity index (χ4n) is 1.59.